The number of carbonyl (C=O) groups is 1. The number of hydrogen-bond donors (Lipinski definition) is 0. The highest BCUT2D eigenvalue weighted by Crippen LogP contribution is 2.26. The first kappa shape index (κ1) is 19.3. The van der Waals surface area contributed by atoms with E-state index in [-0.39, 0.29) is 5.24 Å². The van der Waals surface area contributed by atoms with Crippen LogP contribution in [0.5, 0.6) is 5.75 Å². The number of amides is 1. The molecule has 2 aromatic carbocycles. The molecule has 0 bridgehead atoms. The first-order valence-electron chi connectivity index (χ1n) is 9.09. The molecule has 1 amide bonds. The molecule has 1 aliphatic heterocycles. The van der Waals surface area contributed by atoms with Crippen molar-refractivity contribution in [1.82, 2.24) is 4.90 Å². The molecular weight excluding hydrogens is 358 g/mol. The minimum atomic E-state index is -0.232. The molecule has 5 nitrogen and oxygen atoms in total. The quantitative estimate of drug-likeness (QED) is 0.659. The second-order valence-corrected chi connectivity index (χ2v) is 6.92. The van der Waals surface area contributed by atoms with E-state index in [4.69, 9.17) is 4.74 Å². The van der Waals surface area contributed by atoms with Gasteiger partial charge in [0.05, 0.1) is 5.69 Å². The predicted octanol–water partition coefficient (Wildman–Crippen LogP) is 4.79. The highest BCUT2D eigenvalue weighted by molar-refractivity contribution is 8.28. The van der Waals surface area contributed by atoms with Gasteiger partial charge >= 0.3 is 5.24 Å². The summed E-state index contributed by atoms with van der Waals surface area (Å²) in [5, 5.41) is 0.394. The van der Waals surface area contributed by atoms with Crippen LogP contribution in [0.1, 0.15) is 19.4 Å². The fourth-order valence-electron chi connectivity index (χ4n) is 2.72. The third-order valence-electron chi connectivity index (χ3n) is 4.27. The average molecular weight is 382 g/mol. The third-order valence-corrected chi connectivity index (χ3v) is 5.02. The molecule has 0 aromatic heterocycles. The Morgan fingerprint density at radius 2 is 1.74 bits per heavy atom. The predicted molar refractivity (Wildman–Crippen MR) is 113 cm³/mol. The normalized spacial score (nSPS) is 15.4. The van der Waals surface area contributed by atoms with E-state index in [1.807, 2.05) is 54.6 Å². The van der Waals surface area contributed by atoms with E-state index in [0.29, 0.717) is 17.4 Å². The summed E-state index contributed by atoms with van der Waals surface area (Å²) in [5.74, 6) is 0.818. The van der Waals surface area contributed by atoms with Gasteiger partial charge in [-0.15, -0.1) is 0 Å². The van der Waals surface area contributed by atoms with Gasteiger partial charge in [-0.3, -0.25) is 4.79 Å². The molecule has 0 unspecified atom stereocenters. The lowest BCUT2D eigenvalue weighted by atomic mass is 10.1. The molecular formula is C21H23N3O2S. The van der Waals surface area contributed by atoms with Gasteiger partial charge < -0.3 is 9.64 Å². The topological polar surface area (TPSA) is 54.3 Å². The number of carbonyl (C=O) groups excluding carboxylic acids is 1. The molecule has 27 heavy (non-hydrogen) atoms. The molecule has 1 aliphatic rings. The smallest absolute Gasteiger partial charge is 0.311 e. The summed E-state index contributed by atoms with van der Waals surface area (Å²) in [7, 11) is 0. The van der Waals surface area contributed by atoms with Crippen LogP contribution in [0, 0.1) is 0 Å². The van der Waals surface area contributed by atoms with E-state index in [9.17, 15) is 4.79 Å². The van der Waals surface area contributed by atoms with E-state index in [2.05, 4.69) is 28.7 Å². The summed E-state index contributed by atoms with van der Waals surface area (Å²) in [5.41, 5.74) is 2.29. The summed E-state index contributed by atoms with van der Waals surface area (Å²) >= 11 is 1.06. The molecule has 1 heterocycles. The molecule has 3 rings (SSSR count). The Morgan fingerprint density at radius 3 is 2.41 bits per heavy atom. The summed E-state index contributed by atoms with van der Waals surface area (Å²) in [6.07, 6.45) is 0. The van der Waals surface area contributed by atoms with E-state index < -0.39 is 0 Å². The number of nitrogens with zero attached hydrogens (tertiary/aromatic N) is 3. The summed E-state index contributed by atoms with van der Waals surface area (Å²) in [6.45, 7) is 7.92. The van der Waals surface area contributed by atoms with Gasteiger partial charge in [-0.05, 0) is 49.1 Å². The minimum Gasteiger partial charge on any atom is -0.492 e. The molecule has 6 heteroatoms. The minimum absolute atomic E-state index is 0.232. The zero-order valence-corrected chi connectivity index (χ0v) is 16.4. The van der Waals surface area contributed by atoms with Crippen LogP contribution in [0.25, 0.3) is 0 Å². The second-order valence-electron chi connectivity index (χ2n) is 5.98. The standard InChI is InChI=1S/C21H23N3O2S/c1-3-24(4-2)14-15-26-18-12-10-17(11-13-18)22-20-19(23-21(25)27-20)16-8-6-5-7-9-16/h5-13H,3-4,14-15H2,1-2H3. The van der Waals surface area contributed by atoms with Crippen LogP contribution in [-0.2, 0) is 0 Å². The maximum absolute atomic E-state index is 11.8. The lowest BCUT2D eigenvalue weighted by Crippen LogP contribution is -2.27. The first-order valence-corrected chi connectivity index (χ1v) is 9.91. The van der Waals surface area contributed by atoms with Gasteiger partial charge in [-0.25, -0.2) is 9.98 Å². The average Bonchev–Trinajstić information content (AvgIpc) is 3.07. The van der Waals surface area contributed by atoms with Crippen molar-refractivity contribution in [3.63, 3.8) is 0 Å². The van der Waals surface area contributed by atoms with Crippen molar-refractivity contribution >= 4 is 33.4 Å². The zero-order valence-electron chi connectivity index (χ0n) is 15.6. The van der Waals surface area contributed by atoms with Crippen LogP contribution in [-0.4, -0.2) is 47.1 Å². The Balaban J connectivity index is 1.66. The second kappa shape index (κ2) is 9.48. The number of thioether (sulfide) groups is 1. The molecule has 0 saturated heterocycles. The largest absolute Gasteiger partial charge is 0.492 e. The lowest BCUT2D eigenvalue weighted by molar-refractivity contribution is 0.223. The van der Waals surface area contributed by atoms with Gasteiger partial charge in [0.1, 0.15) is 23.1 Å². The Labute approximate surface area is 164 Å². The van der Waals surface area contributed by atoms with Crippen LogP contribution in [0.15, 0.2) is 64.6 Å². The van der Waals surface area contributed by atoms with Crippen LogP contribution >= 0.6 is 11.8 Å². The SMILES string of the molecule is CCN(CC)CCOc1ccc(N=C2SC(=O)N=C2c2ccccc2)cc1. The number of rotatable bonds is 8. The molecule has 0 radical (unpaired) electrons. The van der Waals surface area contributed by atoms with Gasteiger partial charge in [0.15, 0.2) is 0 Å². The third kappa shape index (κ3) is 5.28. The van der Waals surface area contributed by atoms with Crippen molar-refractivity contribution in [3.05, 3.63) is 60.2 Å². The van der Waals surface area contributed by atoms with E-state index >= 15 is 0 Å². The number of likely N-dealkylation sites (N-methyl/N-ethyl adjacent to an activating group) is 1. The summed E-state index contributed by atoms with van der Waals surface area (Å²) in [4.78, 5) is 22.8. The van der Waals surface area contributed by atoms with Crippen LogP contribution < -0.4 is 4.74 Å². The van der Waals surface area contributed by atoms with Crippen LogP contribution in [0.3, 0.4) is 0 Å². The molecule has 2 aromatic rings. The van der Waals surface area contributed by atoms with Crippen molar-refractivity contribution < 1.29 is 9.53 Å². The molecule has 140 valence electrons. The summed E-state index contributed by atoms with van der Waals surface area (Å²) < 4.78 is 5.80. The first-order chi connectivity index (χ1) is 13.2. The molecule has 0 aliphatic carbocycles. The van der Waals surface area contributed by atoms with Crippen LogP contribution in [0.4, 0.5) is 10.5 Å². The number of benzene rings is 2. The zero-order chi connectivity index (χ0) is 19.1. The Morgan fingerprint density at radius 1 is 1.04 bits per heavy atom. The van der Waals surface area contributed by atoms with Crippen molar-refractivity contribution in [1.29, 1.82) is 0 Å². The van der Waals surface area contributed by atoms with Gasteiger partial charge in [0, 0.05) is 12.1 Å². The van der Waals surface area contributed by atoms with Crippen LogP contribution in [0.2, 0.25) is 0 Å². The maximum Gasteiger partial charge on any atom is 0.311 e. The number of aliphatic imine (C=N–C) groups is 2. The van der Waals surface area contributed by atoms with Crippen molar-refractivity contribution in [2.75, 3.05) is 26.2 Å². The van der Waals surface area contributed by atoms with E-state index in [0.717, 1.165) is 48.4 Å². The Kier molecular flexibility index (Phi) is 6.79. The van der Waals surface area contributed by atoms with Gasteiger partial charge in [-0.2, -0.15) is 0 Å². The van der Waals surface area contributed by atoms with Crippen molar-refractivity contribution in [2.24, 2.45) is 9.98 Å². The molecule has 0 spiro atoms. The molecule has 0 saturated carbocycles. The fourth-order valence-corrected chi connectivity index (χ4v) is 3.43. The molecule has 0 atom stereocenters. The van der Waals surface area contributed by atoms with E-state index in [1.54, 1.807) is 0 Å². The Bertz CT molecular complexity index is 828. The van der Waals surface area contributed by atoms with Gasteiger partial charge in [0.25, 0.3) is 0 Å². The lowest BCUT2D eigenvalue weighted by Gasteiger charge is -2.17. The number of hydrogen-bond acceptors (Lipinski definition) is 5. The number of ether oxygens (including phenoxy) is 1. The molecule has 0 fully saturated rings. The monoisotopic (exact) mass is 381 g/mol. The Hall–Kier alpha value is -2.44. The maximum atomic E-state index is 11.8. The summed E-state index contributed by atoms with van der Waals surface area (Å²) in [6, 6.07) is 17.2. The highest BCUT2D eigenvalue weighted by atomic mass is 32.2. The van der Waals surface area contributed by atoms with Gasteiger partial charge in [0.2, 0.25) is 0 Å². The van der Waals surface area contributed by atoms with Crippen molar-refractivity contribution in [3.8, 4) is 5.75 Å². The van der Waals surface area contributed by atoms with Gasteiger partial charge in [-0.1, -0.05) is 44.2 Å². The van der Waals surface area contributed by atoms with Crippen molar-refractivity contribution in [2.45, 2.75) is 13.8 Å². The molecule has 0 N–H and O–H groups in total. The van der Waals surface area contributed by atoms with E-state index in [1.165, 1.54) is 0 Å². The highest BCUT2D eigenvalue weighted by Gasteiger charge is 2.24. The fraction of sp³-hybridized carbons (Fsp3) is 0.286.